The summed E-state index contributed by atoms with van der Waals surface area (Å²) in [7, 11) is -3.57. The minimum atomic E-state index is -3.57. The van der Waals surface area contributed by atoms with Gasteiger partial charge in [-0.05, 0) is 66.9 Å². The molecule has 21 heteroatoms. The van der Waals surface area contributed by atoms with Gasteiger partial charge in [0.25, 0.3) is 16.7 Å². The highest BCUT2D eigenvalue weighted by Gasteiger charge is 2.18. The Morgan fingerprint density at radius 1 is 0.712 bits per heavy atom. The molecule has 0 atom stereocenters. The maximum Gasteiger partial charge on any atom is 0.259 e. The number of nitrogens with zero attached hydrogens (tertiary/aromatic N) is 12. The van der Waals surface area contributed by atoms with E-state index in [9.17, 15) is 8.42 Å². The van der Waals surface area contributed by atoms with E-state index in [2.05, 4.69) is 55.4 Å². The third-order valence-corrected chi connectivity index (χ3v) is 7.68. The average Bonchev–Trinajstić information content (AvgIpc) is 3.97. The van der Waals surface area contributed by atoms with Crippen LogP contribution in [0.1, 0.15) is 11.1 Å². The summed E-state index contributed by atoms with van der Waals surface area (Å²) in [6, 6.07) is 14.7. The number of rotatable bonds is 9. The number of nitrogens with one attached hydrogen (secondary N) is 1. The first-order chi connectivity index (χ1) is 25.2. The summed E-state index contributed by atoms with van der Waals surface area (Å²) in [4.78, 5) is 32.4. The molecule has 0 spiro atoms. The van der Waals surface area contributed by atoms with Crippen LogP contribution < -0.4 is 22.5 Å². The zero-order valence-corrected chi connectivity index (χ0v) is 28.4. The summed E-state index contributed by atoms with van der Waals surface area (Å²) in [5, 5.41) is 11.0. The van der Waals surface area contributed by atoms with Gasteiger partial charge in [0.05, 0.1) is 12.5 Å². The number of hydrogen-bond donors (Lipinski definition) is 4. The Hall–Kier alpha value is -6.87. The van der Waals surface area contributed by atoms with Gasteiger partial charge in [-0.25, -0.2) is 8.42 Å². The molecule has 0 fully saturated rings. The predicted octanol–water partition coefficient (Wildman–Crippen LogP) is 1.76. The third-order valence-electron chi connectivity index (χ3n) is 6.84. The topological polar surface area (TPSA) is 288 Å². The molecule has 8 aromatic rings. The first-order valence-electron chi connectivity index (χ1n) is 15.5. The van der Waals surface area contributed by atoms with Gasteiger partial charge in [0.15, 0.2) is 11.5 Å². The Balaban J connectivity index is 0.000000147. The van der Waals surface area contributed by atoms with Crippen molar-refractivity contribution in [3.63, 3.8) is 0 Å². The maximum atomic E-state index is 11.4. The molecule has 0 aliphatic carbocycles. The van der Waals surface area contributed by atoms with Crippen molar-refractivity contribution < 1.29 is 17.3 Å². The lowest BCUT2D eigenvalue weighted by Gasteiger charge is -2.05. The second-order valence-corrected chi connectivity index (χ2v) is 12.6. The summed E-state index contributed by atoms with van der Waals surface area (Å²) in [5.74, 6) is 2.52. The molecule has 0 saturated heterocycles. The predicted molar refractivity (Wildman–Crippen MR) is 188 cm³/mol. The van der Waals surface area contributed by atoms with Gasteiger partial charge < -0.3 is 31.4 Å². The molecule has 20 nitrogen and oxygen atoms in total. The minimum absolute atomic E-state index is 0.0410. The van der Waals surface area contributed by atoms with Gasteiger partial charge in [0.2, 0.25) is 39.3 Å². The van der Waals surface area contributed by atoms with Crippen LogP contribution in [0.2, 0.25) is 0 Å². The smallest absolute Gasteiger partial charge is 0.259 e. The Labute approximate surface area is 295 Å². The summed E-state index contributed by atoms with van der Waals surface area (Å²) < 4.78 is 35.8. The molecule has 0 bridgehead atoms. The molecular weight excluding hydrogens is 693 g/mol. The number of sulfone groups is 1. The lowest BCUT2D eigenvalue weighted by atomic mass is 10.2. The van der Waals surface area contributed by atoms with E-state index in [-0.39, 0.29) is 23.5 Å². The summed E-state index contributed by atoms with van der Waals surface area (Å²) in [5.41, 5.74) is 19.2. The van der Waals surface area contributed by atoms with Gasteiger partial charge in [-0.15, -0.1) is 10.2 Å². The van der Waals surface area contributed by atoms with E-state index >= 15 is 0 Å². The van der Waals surface area contributed by atoms with Crippen LogP contribution in [0.5, 0.6) is 0 Å². The lowest BCUT2D eigenvalue weighted by molar-refractivity contribution is 0.577. The standard InChI is InChI=1S/C15H14N8O.C9H8N6O3S.C7H10N2/c16-13-20-14(18-7-5-10-3-1-6-17-9-10)21-15-19-12(22-23(13)15)11-4-2-8-24-11;1-19(16,17)9-12-7(10)15-8(13-9)11-6(14-15)5-3-2-4-18-5;8-4-3-7-2-1-5-9-6-7/h1-4,6,8-9H,5,7H2,(H3,16,18,19,20,21,22);2-4H,1H3,(H2,10,11,12,13,14);1-2,5-6H,3-4,8H2. The number of nitrogen functional groups attached to an aromatic ring is 2. The fraction of sp³-hybridized carbons (Fsp3) is 0.161. The zero-order valence-electron chi connectivity index (χ0n) is 27.6. The third kappa shape index (κ3) is 8.64. The molecule has 8 aromatic heterocycles. The molecule has 52 heavy (non-hydrogen) atoms. The van der Waals surface area contributed by atoms with Crippen LogP contribution in [0.4, 0.5) is 17.8 Å². The molecule has 0 unspecified atom stereocenters. The number of pyridine rings is 2. The van der Waals surface area contributed by atoms with Crippen molar-refractivity contribution in [1.29, 1.82) is 0 Å². The van der Waals surface area contributed by atoms with Crippen molar-refractivity contribution >= 4 is 39.2 Å². The molecule has 7 N–H and O–H groups in total. The quantitative estimate of drug-likeness (QED) is 0.165. The number of nitrogens with two attached hydrogens (primary N) is 3. The molecule has 0 aromatic carbocycles. The molecular formula is C31H32N16O4S. The molecule has 8 rings (SSSR count). The number of aromatic nitrogens is 12. The Bertz CT molecular complexity index is 2450. The fourth-order valence-electron chi connectivity index (χ4n) is 4.43. The first-order valence-corrected chi connectivity index (χ1v) is 17.4. The van der Waals surface area contributed by atoms with E-state index < -0.39 is 15.0 Å². The molecule has 8 heterocycles. The Morgan fingerprint density at radius 3 is 1.77 bits per heavy atom. The Morgan fingerprint density at radius 2 is 1.27 bits per heavy atom. The molecule has 0 saturated carbocycles. The average molecular weight is 725 g/mol. The van der Waals surface area contributed by atoms with Gasteiger partial charge in [-0.1, -0.05) is 12.1 Å². The zero-order chi connectivity index (χ0) is 36.5. The highest BCUT2D eigenvalue weighted by atomic mass is 32.2. The van der Waals surface area contributed by atoms with E-state index in [0.29, 0.717) is 42.2 Å². The van der Waals surface area contributed by atoms with Crippen LogP contribution in [-0.2, 0) is 22.7 Å². The number of anilines is 3. The molecule has 0 aliphatic rings. The number of furan rings is 2. The summed E-state index contributed by atoms with van der Waals surface area (Å²) in [6.45, 7) is 1.35. The highest BCUT2D eigenvalue weighted by Crippen LogP contribution is 2.19. The van der Waals surface area contributed by atoms with Crippen molar-refractivity contribution in [2.45, 2.75) is 18.0 Å². The van der Waals surface area contributed by atoms with E-state index in [1.165, 1.54) is 16.3 Å². The summed E-state index contributed by atoms with van der Waals surface area (Å²) in [6.07, 6.45) is 12.9. The maximum absolute atomic E-state index is 11.4. The van der Waals surface area contributed by atoms with Crippen molar-refractivity contribution in [2.24, 2.45) is 5.73 Å². The van der Waals surface area contributed by atoms with Crippen LogP contribution in [-0.4, -0.2) is 86.9 Å². The van der Waals surface area contributed by atoms with E-state index in [4.69, 9.17) is 26.0 Å². The lowest BCUT2D eigenvalue weighted by Crippen LogP contribution is -2.12. The van der Waals surface area contributed by atoms with Crippen LogP contribution in [0.15, 0.2) is 99.8 Å². The number of fused-ring (bicyclic) bond motifs is 2. The summed E-state index contributed by atoms with van der Waals surface area (Å²) >= 11 is 0. The molecule has 266 valence electrons. The second-order valence-electron chi connectivity index (χ2n) is 10.7. The SMILES string of the molecule is CS(=O)(=O)c1nc(N)n2nc(-c3ccco3)nc2n1.NCCc1cccnc1.Nc1nc(NCCc2cccnc2)nc2nc(-c3ccco3)nn12. The minimum Gasteiger partial charge on any atom is -0.461 e. The first kappa shape index (κ1) is 35.0. The van der Waals surface area contributed by atoms with E-state index in [1.54, 1.807) is 42.9 Å². The van der Waals surface area contributed by atoms with E-state index in [1.807, 2.05) is 36.7 Å². The molecule has 0 amide bonds. The normalized spacial score (nSPS) is 11.1. The van der Waals surface area contributed by atoms with Gasteiger partial charge in [-0.3, -0.25) is 9.97 Å². The van der Waals surface area contributed by atoms with Gasteiger partial charge in [-0.2, -0.15) is 38.9 Å². The monoisotopic (exact) mass is 724 g/mol. The van der Waals surface area contributed by atoms with Crippen molar-refractivity contribution in [3.05, 3.63) is 97.0 Å². The molecule has 0 aliphatic heterocycles. The van der Waals surface area contributed by atoms with Crippen LogP contribution in [0.3, 0.4) is 0 Å². The fourth-order valence-corrected chi connectivity index (χ4v) is 4.94. The molecule has 0 radical (unpaired) electrons. The van der Waals surface area contributed by atoms with Gasteiger partial charge in [0, 0.05) is 37.6 Å². The van der Waals surface area contributed by atoms with E-state index in [0.717, 1.165) is 29.2 Å². The van der Waals surface area contributed by atoms with Crippen molar-refractivity contribution in [3.8, 4) is 23.2 Å². The Kier molecular flexibility index (Phi) is 10.6. The van der Waals surface area contributed by atoms with Crippen LogP contribution in [0.25, 0.3) is 34.7 Å². The van der Waals surface area contributed by atoms with Crippen molar-refractivity contribution in [2.75, 3.05) is 36.1 Å². The highest BCUT2D eigenvalue weighted by molar-refractivity contribution is 7.90. The van der Waals surface area contributed by atoms with Crippen LogP contribution >= 0.6 is 0 Å². The second kappa shape index (κ2) is 15.8. The van der Waals surface area contributed by atoms with Gasteiger partial charge in [0.1, 0.15) is 0 Å². The number of hydrogen-bond acceptors (Lipinski definition) is 18. The van der Waals surface area contributed by atoms with Crippen LogP contribution in [0, 0.1) is 0 Å². The largest absolute Gasteiger partial charge is 0.461 e. The van der Waals surface area contributed by atoms with Crippen molar-refractivity contribution in [1.82, 2.24) is 59.1 Å². The van der Waals surface area contributed by atoms with Gasteiger partial charge >= 0.3 is 0 Å².